The van der Waals surface area contributed by atoms with Crippen LogP contribution in [0.1, 0.15) is 10.4 Å². The van der Waals surface area contributed by atoms with E-state index in [9.17, 15) is 13.2 Å². The van der Waals surface area contributed by atoms with E-state index in [1.807, 2.05) is 18.2 Å². The molecule has 4 nitrogen and oxygen atoms in total. The molecule has 0 atom stereocenters. The second kappa shape index (κ2) is 9.67. The first-order chi connectivity index (χ1) is 13.8. The van der Waals surface area contributed by atoms with Crippen LogP contribution in [0.25, 0.3) is 0 Å². The largest absolute Gasteiger partial charge is 0.321 e. The number of halogens is 2. The Labute approximate surface area is 184 Å². The second-order valence-corrected chi connectivity index (χ2v) is 10.2. The zero-order valence-corrected chi connectivity index (χ0v) is 18.3. The van der Waals surface area contributed by atoms with Crippen molar-refractivity contribution in [2.75, 3.05) is 16.8 Å². The van der Waals surface area contributed by atoms with Crippen molar-refractivity contribution in [1.29, 1.82) is 0 Å². The van der Waals surface area contributed by atoms with Crippen molar-refractivity contribution in [2.45, 2.75) is 9.79 Å². The van der Waals surface area contributed by atoms with Crippen molar-refractivity contribution < 1.29 is 13.2 Å². The van der Waals surface area contributed by atoms with Gasteiger partial charge in [0.15, 0.2) is 9.84 Å². The summed E-state index contributed by atoms with van der Waals surface area (Å²) < 4.78 is 24.9. The van der Waals surface area contributed by atoms with Gasteiger partial charge >= 0.3 is 0 Å². The van der Waals surface area contributed by atoms with Crippen LogP contribution in [-0.2, 0) is 9.84 Å². The molecule has 3 aromatic carbocycles. The zero-order chi connectivity index (χ0) is 20.9. The van der Waals surface area contributed by atoms with Gasteiger partial charge < -0.3 is 5.32 Å². The molecule has 1 amide bonds. The minimum Gasteiger partial charge on any atom is -0.321 e. The monoisotopic (exact) mass is 465 g/mol. The highest BCUT2D eigenvalue weighted by molar-refractivity contribution is 8.00. The number of hydrogen-bond donors (Lipinski definition) is 1. The molecule has 0 unspecified atom stereocenters. The fourth-order valence-corrected chi connectivity index (χ4v) is 5.43. The van der Waals surface area contributed by atoms with Crippen molar-refractivity contribution in [3.05, 3.63) is 88.4 Å². The first kappa shape index (κ1) is 21.7. The highest BCUT2D eigenvalue weighted by Crippen LogP contribution is 2.28. The molecule has 0 aliphatic carbocycles. The van der Waals surface area contributed by atoms with Crippen molar-refractivity contribution in [1.82, 2.24) is 0 Å². The highest BCUT2D eigenvalue weighted by Gasteiger charge is 2.15. The van der Waals surface area contributed by atoms with Gasteiger partial charge in [0.05, 0.1) is 16.3 Å². The number of benzene rings is 3. The van der Waals surface area contributed by atoms with Crippen molar-refractivity contribution in [3.63, 3.8) is 0 Å². The molecule has 0 radical (unpaired) electrons. The Morgan fingerprint density at radius 2 is 1.45 bits per heavy atom. The highest BCUT2D eigenvalue weighted by atomic mass is 35.5. The maximum Gasteiger partial charge on any atom is 0.255 e. The summed E-state index contributed by atoms with van der Waals surface area (Å²) >= 11 is 13.0. The lowest BCUT2D eigenvalue weighted by molar-refractivity contribution is 0.102. The average molecular weight is 466 g/mol. The fourth-order valence-electron chi connectivity index (χ4n) is 2.51. The third-order valence-corrected chi connectivity index (χ3v) is 7.59. The van der Waals surface area contributed by atoms with Crippen molar-refractivity contribution >= 4 is 56.4 Å². The van der Waals surface area contributed by atoms with E-state index in [0.29, 0.717) is 27.0 Å². The predicted octanol–water partition coefficient (Wildman–Crippen LogP) is 5.81. The van der Waals surface area contributed by atoms with Gasteiger partial charge in [-0.15, -0.1) is 11.8 Å². The van der Waals surface area contributed by atoms with E-state index in [4.69, 9.17) is 23.2 Å². The number of carbonyl (C=O) groups excluding carboxylic acids is 1. The smallest absolute Gasteiger partial charge is 0.255 e. The summed E-state index contributed by atoms with van der Waals surface area (Å²) in [5, 5.41) is 3.91. The average Bonchev–Trinajstić information content (AvgIpc) is 2.70. The molecule has 8 heteroatoms. The van der Waals surface area contributed by atoms with Gasteiger partial charge in [0, 0.05) is 26.3 Å². The van der Waals surface area contributed by atoms with Gasteiger partial charge in [-0.2, -0.15) is 0 Å². The van der Waals surface area contributed by atoms with Gasteiger partial charge in [0.1, 0.15) is 0 Å². The summed E-state index contributed by atoms with van der Waals surface area (Å²) in [6, 6.07) is 20.0. The normalized spacial score (nSPS) is 11.2. The van der Waals surface area contributed by atoms with Crippen LogP contribution in [-0.4, -0.2) is 25.8 Å². The Balaban J connectivity index is 1.65. The van der Waals surface area contributed by atoms with E-state index in [0.717, 1.165) is 4.90 Å². The van der Waals surface area contributed by atoms with E-state index in [1.54, 1.807) is 42.5 Å². The standard InChI is InChI=1S/C21H17Cl2NO3S2/c22-16-7-5-15(6-8-16)21(25)24-19-3-1-2-4-20(19)28-13-14-29(26,27)18-11-9-17(23)10-12-18/h1-12H,13-14H2,(H,24,25). The van der Waals surface area contributed by atoms with Crippen LogP contribution in [0.5, 0.6) is 0 Å². The van der Waals surface area contributed by atoms with Gasteiger partial charge in [-0.1, -0.05) is 35.3 Å². The van der Waals surface area contributed by atoms with Crippen LogP contribution in [0.4, 0.5) is 5.69 Å². The summed E-state index contributed by atoms with van der Waals surface area (Å²) in [5.74, 6) is 0.0564. The molecule has 0 spiro atoms. The molecule has 3 aromatic rings. The van der Waals surface area contributed by atoms with E-state index in [2.05, 4.69) is 5.32 Å². The number of rotatable bonds is 7. The van der Waals surface area contributed by atoms with E-state index >= 15 is 0 Å². The molecule has 0 fully saturated rings. The number of anilines is 1. The Morgan fingerprint density at radius 3 is 2.10 bits per heavy atom. The molecular formula is C21H17Cl2NO3S2. The first-order valence-electron chi connectivity index (χ1n) is 8.62. The zero-order valence-electron chi connectivity index (χ0n) is 15.1. The molecule has 0 aliphatic heterocycles. The Kier molecular flexibility index (Phi) is 7.24. The van der Waals surface area contributed by atoms with E-state index in [-0.39, 0.29) is 16.6 Å². The molecular weight excluding hydrogens is 449 g/mol. The number of para-hydroxylation sites is 1. The van der Waals surface area contributed by atoms with Crippen LogP contribution in [0, 0.1) is 0 Å². The van der Waals surface area contributed by atoms with Crippen LogP contribution < -0.4 is 5.32 Å². The maximum atomic E-state index is 12.5. The van der Waals surface area contributed by atoms with E-state index < -0.39 is 9.84 Å². The van der Waals surface area contributed by atoms with Gasteiger partial charge in [0.2, 0.25) is 0 Å². The summed E-state index contributed by atoms with van der Waals surface area (Å²) in [6.07, 6.45) is 0. The quantitative estimate of drug-likeness (QED) is 0.447. The van der Waals surface area contributed by atoms with Gasteiger partial charge in [-0.25, -0.2) is 8.42 Å². The molecule has 150 valence electrons. The molecule has 0 bridgehead atoms. The predicted molar refractivity (Wildman–Crippen MR) is 120 cm³/mol. The number of thioether (sulfide) groups is 1. The summed E-state index contributed by atoms with van der Waals surface area (Å²) in [4.78, 5) is 13.5. The first-order valence-corrected chi connectivity index (χ1v) is 12.0. The molecule has 1 N–H and O–H groups in total. The van der Waals surface area contributed by atoms with Gasteiger partial charge in [0.25, 0.3) is 5.91 Å². The van der Waals surface area contributed by atoms with Gasteiger partial charge in [-0.05, 0) is 60.7 Å². The van der Waals surface area contributed by atoms with Gasteiger partial charge in [-0.3, -0.25) is 4.79 Å². The number of carbonyl (C=O) groups is 1. The third kappa shape index (κ3) is 6.00. The Bertz CT molecular complexity index is 1100. The Hall–Kier alpha value is -1.99. The third-order valence-electron chi connectivity index (χ3n) is 4.02. The number of nitrogens with one attached hydrogen (secondary N) is 1. The summed E-state index contributed by atoms with van der Waals surface area (Å²) in [7, 11) is -3.41. The summed E-state index contributed by atoms with van der Waals surface area (Å²) in [5.41, 5.74) is 1.11. The molecule has 0 aromatic heterocycles. The lowest BCUT2D eigenvalue weighted by Crippen LogP contribution is -2.13. The second-order valence-electron chi connectivity index (χ2n) is 6.08. The fraction of sp³-hybridized carbons (Fsp3) is 0.0952. The molecule has 0 saturated carbocycles. The molecule has 0 heterocycles. The number of amides is 1. The lowest BCUT2D eigenvalue weighted by atomic mass is 10.2. The minimum atomic E-state index is -3.41. The molecule has 29 heavy (non-hydrogen) atoms. The molecule has 0 saturated heterocycles. The summed E-state index contributed by atoms with van der Waals surface area (Å²) in [6.45, 7) is 0. The Morgan fingerprint density at radius 1 is 0.862 bits per heavy atom. The minimum absolute atomic E-state index is 0.0290. The maximum absolute atomic E-state index is 12.5. The van der Waals surface area contributed by atoms with Crippen LogP contribution in [0.2, 0.25) is 10.0 Å². The van der Waals surface area contributed by atoms with Crippen molar-refractivity contribution in [3.8, 4) is 0 Å². The molecule has 0 aliphatic rings. The number of sulfone groups is 1. The van der Waals surface area contributed by atoms with E-state index in [1.165, 1.54) is 23.9 Å². The topological polar surface area (TPSA) is 63.2 Å². The number of hydrogen-bond acceptors (Lipinski definition) is 4. The van der Waals surface area contributed by atoms with Crippen LogP contribution >= 0.6 is 35.0 Å². The van der Waals surface area contributed by atoms with Crippen LogP contribution in [0.3, 0.4) is 0 Å². The molecule has 3 rings (SSSR count). The lowest BCUT2D eigenvalue weighted by Gasteiger charge is -2.11. The van der Waals surface area contributed by atoms with Crippen LogP contribution in [0.15, 0.2) is 82.6 Å². The van der Waals surface area contributed by atoms with Crippen molar-refractivity contribution in [2.24, 2.45) is 0 Å². The SMILES string of the molecule is O=C(Nc1ccccc1SCCS(=O)(=O)c1ccc(Cl)cc1)c1ccc(Cl)cc1.